The SMILES string of the molecule is CCOc1cc(C=C2C(=O)NC(=O)N(C3CCCCC3)C2=O)ccc1OCc1ccc(F)cc1. The molecule has 1 saturated heterocycles. The molecular weight excluding hydrogens is 439 g/mol. The third kappa shape index (κ3) is 5.27. The van der Waals surface area contributed by atoms with Crippen molar-refractivity contribution in [1.82, 2.24) is 10.2 Å². The van der Waals surface area contributed by atoms with E-state index >= 15 is 0 Å². The minimum atomic E-state index is -0.711. The van der Waals surface area contributed by atoms with Crippen molar-refractivity contribution in [2.75, 3.05) is 6.61 Å². The molecule has 1 heterocycles. The molecule has 0 radical (unpaired) electrons. The van der Waals surface area contributed by atoms with Crippen LogP contribution in [0.2, 0.25) is 0 Å². The van der Waals surface area contributed by atoms with E-state index in [1.165, 1.54) is 23.1 Å². The molecule has 0 atom stereocenters. The van der Waals surface area contributed by atoms with Gasteiger partial charge in [0.25, 0.3) is 11.8 Å². The van der Waals surface area contributed by atoms with Crippen LogP contribution in [0.3, 0.4) is 0 Å². The van der Waals surface area contributed by atoms with E-state index in [9.17, 15) is 18.8 Å². The highest BCUT2D eigenvalue weighted by atomic mass is 19.1. The summed E-state index contributed by atoms with van der Waals surface area (Å²) in [6.45, 7) is 2.44. The number of barbiturate groups is 1. The first-order valence-corrected chi connectivity index (χ1v) is 11.5. The second kappa shape index (κ2) is 10.5. The van der Waals surface area contributed by atoms with E-state index in [-0.39, 0.29) is 24.0 Å². The van der Waals surface area contributed by atoms with E-state index in [0.717, 1.165) is 37.7 Å². The number of hydrogen-bond donors (Lipinski definition) is 1. The lowest BCUT2D eigenvalue weighted by molar-refractivity contribution is -0.132. The van der Waals surface area contributed by atoms with E-state index in [2.05, 4.69) is 5.32 Å². The Bertz CT molecular complexity index is 1110. The highest BCUT2D eigenvalue weighted by Gasteiger charge is 2.40. The Morgan fingerprint density at radius 2 is 1.74 bits per heavy atom. The summed E-state index contributed by atoms with van der Waals surface area (Å²) in [6.07, 6.45) is 5.94. The second-order valence-electron chi connectivity index (χ2n) is 8.34. The van der Waals surface area contributed by atoms with Gasteiger partial charge in [-0.05, 0) is 61.2 Å². The standard InChI is InChI=1S/C26H27FN2O5/c1-2-33-23-15-18(10-13-22(23)34-16-17-8-11-19(27)12-9-17)14-21-24(30)28-26(32)29(25(21)31)20-6-4-3-5-7-20/h8-15,20H,2-7,16H2,1H3,(H,28,30,32). The Balaban J connectivity index is 1.56. The van der Waals surface area contributed by atoms with E-state index in [4.69, 9.17) is 9.47 Å². The van der Waals surface area contributed by atoms with Crippen molar-refractivity contribution in [2.45, 2.75) is 51.7 Å². The van der Waals surface area contributed by atoms with Gasteiger partial charge in [-0.2, -0.15) is 0 Å². The lowest BCUT2D eigenvalue weighted by Gasteiger charge is -2.35. The lowest BCUT2D eigenvalue weighted by Crippen LogP contribution is -2.58. The molecule has 2 aromatic carbocycles. The summed E-state index contributed by atoms with van der Waals surface area (Å²) >= 11 is 0. The Hall–Kier alpha value is -3.68. The van der Waals surface area contributed by atoms with Crippen LogP contribution in [0.4, 0.5) is 9.18 Å². The first-order chi connectivity index (χ1) is 16.5. The van der Waals surface area contributed by atoms with Crippen LogP contribution in [0.25, 0.3) is 6.08 Å². The fraction of sp³-hybridized carbons (Fsp3) is 0.346. The summed E-state index contributed by atoms with van der Waals surface area (Å²) < 4.78 is 24.7. The van der Waals surface area contributed by atoms with E-state index < -0.39 is 17.8 Å². The zero-order chi connectivity index (χ0) is 24.1. The smallest absolute Gasteiger partial charge is 0.331 e. The molecule has 2 aromatic rings. The van der Waals surface area contributed by atoms with Gasteiger partial charge in [0, 0.05) is 6.04 Å². The number of imide groups is 2. The molecule has 1 N–H and O–H groups in total. The normalized spacial score (nSPS) is 18.2. The van der Waals surface area contributed by atoms with Gasteiger partial charge in [-0.15, -0.1) is 0 Å². The van der Waals surface area contributed by atoms with E-state index in [0.29, 0.717) is 23.7 Å². The summed E-state index contributed by atoms with van der Waals surface area (Å²) in [5.74, 6) is -0.678. The molecule has 2 aliphatic rings. The van der Waals surface area contributed by atoms with Gasteiger partial charge < -0.3 is 9.47 Å². The molecule has 0 bridgehead atoms. The molecule has 8 heteroatoms. The maximum Gasteiger partial charge on any atom is 0.331 e. The number of nitrogens with zero attached hydrogens (tertiary/aromatic N) is 1. The number of urea groups is 1. The molecule has 4 rings (SSSR count). The molecule has 1 aliphatic carbocycles. The number of carbonyl (C=O) groups is 3. The Labute approximate surface area is 197 Å². The Morgan fingerprint density at radius 3 is 2.44 bits per heavy atom. The predicted molar refractivity (Wildman–Crippen MR) is 124 cm³/mol. The van der Waals surface area contributed by atoms with Crippen molar-refractivity contribution in [3.63, 3.8) is 0 Å². The molecule has 1 saturated carbocycles. The number of halogens is 1. The van der Waals surface area contributed by atoms with Gasteiger partial charge in [0.1, 0.15) is 18.0 Å². The van der Waals surface area contributed by atoms with Gasteiger partial charge in [-0.1, -0.05) is 37.5 Å². The molecule has 0 aromatic heterocycles. The van der Waals surface area contributed by atoms with Crippen molar-refractivity contribution in [2.24, 2.45) is 0 Å². The van der Waals surface area contributed by atoms with Gasteiger partial charge in [0.2, 0.25) is 0 Å². The predicted octanol–water partition coefficient (Wildman–Crippen LogP) is 4.60. The van der Waals surface area contributed by atoms with Crippen LogP contribution in [0.15, 0.2) is 48.0 Å². The molecule has 34 heavy (non-hydrogen) atoms. The third-order valence-electron chi connectivity index (χ3n) is 5.96. The van der Waals surface area contributed by atoms with Crippen LogP contribution in [-0.2, 0) is 16.2 Å². The molecule has 0 spiro atoms. The van der Waals surface area contributed by atoms with Crippen LogP contribution < -0.4 is 14.8 Å². The summed E-state index contributed by atoms with van der Waals surface area (Å²) in [4.78, 5) is 39.2. The van der Waals surface area contributed by atoms with Gasteiger partial charge in [-0.25, -0.2) is 9.18 Å². The van der Waals surface area contributed by atoms with Crippen molar-refractivity contribution >= 4 is 23.9 Å². The number of rotatable bonds is 7. The number of carbonyl (C=O) groups excluding carboxylic acids is 3. The van der Waals surface area contributed by atoms with E-state index in [1.54, 1.807) is 30.3 Å². The van der Waals surface area contributed by atoms with Crippen LogP contribution in [0.1, 0.15) is 50.2 Å². The van der Waals surface area contributed by atoms with Gasteiger partial charge in [0.15, 0.2) is 11.5 Å². The number of hydrogen-bond acceptors (Lipinski definition) is 5. The Kier molecular flexibility index (Phi) is 7.25. The molecule has 0 unspecified atom stereocenters. The van der Waals surface area contributed by atoms with Crippen LogP contribution >= 0.6 is 0 Å². The highest BCUT2D eigenvalue weighted by Crippen LogP contribution is 2.31. The van der Waals surface area contributed by atoms with Crippen LogP contribution in [0.5, 0.6) is 11.5 Å². The van der Waals surface area contributed by atoms with Crippen LogP contribution in [-0.4, -0.2) is 35.4 Å². The molecule has 7 nitrogen and oxygen atoms in total. The minimum absolute atomic E-state index is 0.0902. The van der Waals surface area contributed by atoms with E-state index in [1.807, 2.05) is 6.92 Å². The maximum absolute atomic E-state index is 13.1. The van der Waals surface area contributed by atoms with Crippen molar-refractivity contribution in [3.05, 3.63) is 65.0 Å². The zero-order valence-electron chi connectivity index (χ0n) is 19.0. The topological polar surface area (TPSA) is 84.9 Å². The first-order valence-electron chi connectivity index (χ1n) is 11.5. The highest BCUT2D eigenvalue weighted by molar-refractivity contribution is 6.31. The largest absolute Gasteiger partial charge is 0.490 e. The van der Waals surface area contributed by atoms with Crippen molar-refractivity contribution in [3.8, 4) is 11.5 Å². The number of nitrogens with one attached hydrogen (secondary N) is 1. The average molecular weight is 467 g/mol. The number of benzene rings is 2. The molecule has 4 amide bonds. The summed E-state index contributed by atoms with van der Waals surface area (Å²) in [5, 5.41) is 2.30. The lowest BCUT2D eigenvalue weighted by atomic mass is 9.93. The number of ether oxygens (including phenoxy) is 2. The first kappa shape index (κ1) is 23.5. The van der Waals surface area contributed by atoms with Gasteiger partial charge in [0.05, 0.1) is 6.61 Å². The third-order valence-corrected chi connectivity index (χ3v) is 5.96. The quantitative estimate of drug-likeness (QED) is 0.476. The second-order valence-corrected chi connectivity index (χ2v) is 8.34. The van der Waals surface area contributed by atoms with Crippen LogP contribution in [0, 0.1) is 5.82 Å². The summed E-state index contributed by atoms with van der Waals surface area (Å²) in [5.41, 5.74) is 1.27. The monoisotopic (exact) mass is 466 g/mol. The molecule has 178 valence electrons. The summed E-state index contributed by atoms with van der Waals surface area (Å²) in [6, 6.07) is 10.2. The zero-order valence-corrected chi connectivity index (χ0v) is 19.0. The number of amides is 4. The fourth-order valence-corrected chi connectivity index (χ4v) is 4.25. The van der Waals surface area contributed by atoms with Gasteiger partial charge in [-0.3, -0.25) is 19.8 Å². The molecular formula is C26H27FN2O5. The molecule has 1 aliphatic heterocycles. The fourth-order valence-electron chi connectivity index (χ4n) is 4.25. The Morgan fingerprint density at radius 1 is 1.00 bits per heavy atom. The summed E-state index contributed by atoms with van der Waals surface area (Å²) in [7, 11) is 0. The molecule has 2 fully saturated rings. The average Bonchev–Trinajstić information content (AvgIpc) is 2.83. The van der Waals surface area contributed by atoms with Crippen molar-refractivity contribution < 1.29 is 28.2 Å². The van der Waals surface area contributed by atoms with Gasteiger partial charge >= 0.3 is 6.03 Å². The maximum atomic E-state index is 13.1. The van der Waals surface area contributed by atoms with Crippen molar-refractivity contribution in [1.29, 1.82) is 0 Å². The minimum Gasteiger partial charge on any atom is -0.490 e.